The number of carboxylic acid groups (broad SMARTS) is 1. The second-order valence-corrected chi connectivity index (χ2v) is 5.62. The van der Waals surface area contributed by atoms with Gasteiger partial charge in [-0.3, -0.25) is 4.79 Å². The monoisotopic (exact) mass is 264 g/mol. The molecule has 0 radical (unpaired) electrons. The van der Waals surface area contributed by atoms with E-state index in [0.29, 0.717) is 0 Å². The highest BCUT2D eigenvalue weighted by molar-refractivity contribution is 5.70. The van der Waals surface area contributed by atoms with Gasteiger partial charge in [-0.1, -0.05) is 25.3 Å². The van der Waals surface area contributed by atoms with E-state index in [1.54, 1.807) is 6.07 Å². The first kappa shape index (κ1) is 14.0. The van der Waals surface area contributed by atoms with Gasteiger partial charge < -0.3 is 5.11 Å². The number of benzene rings is 1. The largest absolute Gasteiger partial charge is 0.481 e. The first-order chi connectivity index (χ1) is 9.08. The van der Waals surface area contributed by atoms with Gasteiger partial charge in [0.2, 0.25) is 0 Å². The molecule has 0 heterocycles. The topological polar surface area (TPSA) is 37.3 Å². The molecule has 1 aromatic rings. The molecule has 2 atom stereocenters. The maximum Gasteiger partial charge on any atom is 0.306 e. The van der Waals surface area contributed by atoms with Crippen molar-refractivity contribution in [1.29, 1.82) is 0 Å². The number of rotatable bonds is 3. The van der Waals surface area contributed by atoms with Crippen LogP contribution in [0.1, 0.15) is 43.2 Å². The van der Waals surface area contributed by atoms with E-state index in [4.69, 9.17) is 0 Å². The van der Waals surface area contributed by atoms with E-state index in [0.717, 1.165) is 49.7 Å². The quantitative estimate of drug-likeness (QED) is 0.839. The van der Waals surface area contributed by atoms with Crippen LogP contribution >= 0.6 is 0 Å². The zero-order valence-corrected chi connectivity index (χ0v) is 11.4. The Hall–Kier alpha value is -1.38. The van der Waals surface area contributed by atoms with Crippen molar-refractivity contribution >= 4 is 5.97 Å². The van der Waals surface area contributed by atoms with Crippen molar-refractivity contribution in [3.8, 4) is 0 Å². The van der Waals surface area contributed by atoms with Crippen LogP contribution in [0.2, 0.25) is 0 Å². The molecule has 1 saturated carbocycles. The third-order valence-electron chi connectivity index (χ3n) is 4.26. The van der Waals surface area contributed by atoms with E-state index < -0.39 is 5.97 Å². The molecule has 1 N–H and O–H groups in total. The maximum atomic E-state index is 13.1. The van der Waals surface area contributed by atoms with Crippen molar-refractivity contribution < 1.29 is 14.3 Å². The predicted molar refractivity (Wildman–Crippen MR) is 72.5 cm³/mol. The van der Waals surface area contributed by atoms with Gasteiger partial charge in [0, 0.05) is 0 Å². The Labute approximate surface area is 113 Å². The Balaban J connectivity index is 2.16. The van der Waals surface area contributed by atoms with Crippen LogP contribution in [-0.4, -0.2) is 11.1 Å². The Bertz CT molecular complexity index is 456. The lowest BCUT2D eigenvalue weighted by Crippen LogP contribution is -2.24. The van der Waals surface area contributed by atoms with E-state index in [2.05, 4.69) is 0 Å². The number of carbonyl (C=O) groups is 1. The first-order valence-electron chi connectivity index (χ1n) is 7.06. The van der Waals surface area contributed by atoms with Crippen LogP contribution in [0.25, 0.3) is 0 Å². The number of aliphatic carboxylic acids is 1. The summed E-state index contributed by atoms with van der Waals surface area (Å²) in [6, 6.07) is 4.80. The zero-order valence-electron chi connectivity index (χ0n) is 11.4. The minimum atomic E-state index is -0.674. The Kier molecular flexibility index (Phi) is 4.56. The highest BCUT2D eigenvalue weighted by Crippen LogP contribution is 2.32. The minimum absolute atomic E-state index is 0.184. The Morgan fingerprint density at radius 1 is 1.32 bits per heavy atom. The summed E-state index contributed by atoms with van der Waals surface area (Å²) in [6.07, 6.45) is 5.74. The molecule has 2 unspecified atom stereocenters. The van der Waals surface area contributed by atoms with Crippen LogP contribution in [0.4, 0.5) is 4.39 Å². The van der Waals surface area contributed by atoms with Crippen molar-refractivity contribution in [2.24, 2.45) is 11.8 Å². The van der Waals surface area contributed by atoms with Crippen molar-refractivity contribution in [3.63, 3.8) is 0 Å². The molecule has 1 fully saturated rings. The zero-order chi connectivity index (χ0) is 13.8. The summed E-state index contributed by atoms with van der Waals surface area (Å²) >= 11 is 0. The second kappa shape index (κ2) is 6.18. The van der Waals surface area contributed by atoms with Gasteiger partial charge in [0.1, 0.15) is 5.82 Å². The summed E-state index contributed by atoms with van der Waals surface area (Å²) in [6.45, 7) is 1.89. The average Bonchev–Trinajstić information content (AvgIpc) is 2.58. The minimum Gasteiger partial charge on any atom is -0.481 e. The third kappa shape index (κ3) is 3.55. The van der Waals surface area contributed by atoms with Crippen LogP contribution in [0.3, 0.4) is 0 Å². The van der Waals surface area contributed by atoms with Gasteiger partial charge in [-0.15, -0.1) is 0 Å². The van der Waals surface area contributed by atoms with Crippen LogP contribution < -0.4 is 0 Å². The van der Waals surface area contributed by atoms with Gasteiger partial charge in [-0.2, -0.15) is 0 Å². The Morgan fingerprint density at radius 2 is 2.05 bits per heavy atom. The summed E-state index contributed by atoms with van der Waals surface area (Å²) in [7, 11) is 0. The molecule has 0 saturated heterocycles. The molecule has 0 aromatic heterocycles. The lowest BCUT2D eigenvalue weighted by Gasteiger charge is -2.22. The van der Waals surface area contributed by atoms with Gasteiger partial charge in [-0.25, -0.2) is 4.39 Å². The molecule has 0 amide bonds. The van der Waals surface area contributed by atoms with Crippen molar-refractivity contribution in [2.75, 3.05) is 0 Å². The van der Waals surface area contributed by atoms with Crippen LogP contribution in [0.15, 0.2) is 18.2 Å². The van der Waals surface area contributed by atoms with Gasteiger partial charge >= 0.3 is 5.97 Å². The summed E-state index contributed by atoms with van der Waals surface area (Å²) < 4.78 is 13.1. The number of halogens is 1. The van der Waals surface area contributed by atoms with Gasteiger partial charge in [0.15, 0.2) is 0 Å². The highest BCUT2D eigenvalue weighted by Gasteiger charge is 2.29. The van der Waals surface area contributed by atoms with Crippen LogP contribution in [0.5, 0.6) is 0 Å². The number of hydrogen-bond donors (Lipinski definition) is 1. The second-order valence-electron chi connectivity index (χ2n) is 5.62. The van der Waals surface area contributed by atoms with Gasteiger partial charge in [0.25, 0.3) is 0 Å². The van der Waals surface area contributed by atoms with Crippen molar-refractivity contribution in [1.82, 2.24) is 0 Å². The van der Waals surface area contributed by atoms with Crippen molar-refractivity contribution in [2.45, 2.75) is 45.4 Å². The van der Waals surface area contributed by atoms with Crippen LogP contribution in [0, 0.1) is 24.6 Å². The first-order valence-corrected chi connectivity index (χ1v) is 7.06. The van der Waals surface area contributed by atoms with E-state index in [1.165, 1.54) is 12.1 Å². The van der Waals surface area contributed by atoms with Gasteiger partial charge in [0.05, 0.1) is 5.92 Å². The predicted octanol–water partition coefficient (Wildman–Crippen LogP) is 3.96. The molecule has 1 aromatic carbocycles. The third-order valence-corrected chi connectivity index (χ3v) is 4.26. The molecular weight excluding hydrogens is 243 g/mol. The Morgan fingerprint density at radius 3 is 2.74 bits per heavy atom. The smallest absolute Gasteiger partial charge is 0.306 e. The molecule has 2 rings (SSSR count). The molecule has 0 aliphatic heterocycles. The lowest BCUT2D eigenvalue weighted by molar-refractivity contribution is -0.143. The molecular formula is C16H21FO2. The number of hydrogen-bond acceptors (Lipinski definition) is 1. The van der Waals surface area contributed by atoms with E-state index in [-0.39, 0.29) is 17.7 Å². The van der Waals surface area contributed by atoms with Crippen molar-refractivity contribution in [3.05, 3.63) is 35.1 Å². The molecule has 0 spiro atoms. The number of carboxylic acids is 1. The summed E-state index contributed by atoms with van der Waals surface area (Å²) in [5, 5.41) is 9.37. The molecule has 1 aliphatic rings. The summed E-state index contributed by atoms with van der Waals surface area (Å²) in [5.74, 6) is -0.959. The molecule has 104 valence electrons. The van der Waals surface area contributed by atoms with E-state index >= 15 is 0 Å². The molecule has 3 heteroatoms. The summed E-state index contributed by atoms with van der Waals surface area (Å²) in [5.41, 5.74) is 2.01. The molecule has 0 bridgehead atoms. The maximum absolute atomic E-state index is 13.1. The SMILES string of the molecule is Cc1cc(F)ccc1CC1CCCCCC1C(=O)O. The molecule has 2 nitrogen and oxygen atoms in total. The normalized spacial score (nSPS) is 23.9. The fourth-order valence-electron chi connectivity index (χ4n) is 3.12. The summed E-state index contributed by atoms with van der Waals surface area (Å²) in [4.78, 5) is 11.4. The number of aryl methyl sites for hydroxylation is 1. The molecule has 1 aliphatic carbocycles. The standard InChI is InChI=1S/C16H21FO2/c1-11-9-14(17)8-7-12(11)10-13-5-3-2-4-6-15(13)16(18)19/h7-9,13,15H,2-6,10H2,1H3,(H,18,19). The fourth-order valence-corrected chi connectivity index (χ4v) is 3.12. The van der Waals surface area contributed by atoms with E-state index in [1.807, 2.05) is 6.92 Å². The lowest BCUT2D eigenvalue weighted by atomic mass is 9.82. The average molecular weight is 264 g/mol. The highest BCUT2D eigenvalue weighted by atomic mass is 19.1. The molecule has 19 heavy (non-hydrogen) atoms. The van der Waals surface area contributed by atoms with E-state index in [9.17, 15) is 14.3 Å². The fraction of sp³-hybridized carbons (Fsp3) is 0.562. The van der Waals surface area contributed by atoms with Gasteiger partial charge in [-0.05, 0) is 55.4 Å². The van der Waals surface area contributed by atoms with Crippen LogP contribution in [-0.2, 0) is 11.2 Å².